The lowest BCUT2D eigenvalue weighted by Gasteiger charge is -2.36. The number of hydrogen-bond donors (Lipinski definition) is 1. The standard InChI is InChI=1S/C19H29N5O2/c25-13-16-6-3-7-24(16)18-10-17(20-14-21-18)22-8-9-23(19(26)12-22)11-15-4-1-2-5-15/h10,14-16,25H,1-9,11-13H2. The Morgan fingerprint density at radius 3 is 2.62 bits per heavy atom. The molecule has 1 aromatic heterocycles. The number of anilines is 2. The molecule has 0 bridgehead atoms. The molecule has 3 fully saturated rings. The molecule has 7 heteroatoms. The van der Waals surface area contributed by atoms with Gasteiger partial charge in [0.1, 0.15) is 18.0 Å². The molecule has 4 rings (SSSR count). The largest absolute Gasteiger partial charge is 0.394 e. The van der Waals surface area contributed by atoms with Crippen molar-refractivity contribution >= 4 is 17.5 Å². The summed E-state index contributed by atoms with van der Waals surface area (Å²) in [4.78, 5) is 27.7. The average Bonchev–Trinajstić information content (AvgIpc) is 3.35. The van der Waals surface area contributed by atoms with Gasteiger partial charge in [0.05, 0.1) is 19.2 Å². The number of hydrogen-bond acceptors (Lipinski definition) is 6. The molecule has 2 saturated heterocycles. The topological polar surface area (TPSA) is 72.8 Å². The van der Waals surface area contributed by atoms with Crippen molar-refractivity contribution in [3.05, 3.63) is 12.4 Å². The first-order valence-corrected chi connectivity index (χ1v) is 9.97. The monoisotopic (exact) mass is 359 g/mol. The highest BCUT2D eigenvalue weighted by Crippen LogP contribution is 2.28. The third-order valence-electron chi connectivity index (χ3n) is 6.12. The van der Waals surface area contributed by atoms with Gasteiger partial charge in [0.15, 0.2) is 0 Å². The summed E-state index contributed by atoms with van der Waals surface area (Å²) in [6.45, 7) is 3.98. The van der Waals surface area contributed by atoms with E-state index in [9.17, 15) is 9.90 Å². The van der Waals surface area contributed by atoms with Crippen molar-refractivity contribution in [3.8, 4) is 0 Å². The van der Waals surface area contributed by atoms with Crippen LogP contribution in [-0.4, -0.2) is 71.3 Å². The summed E-state index contributed by atoms with van der Waals surface area (Å²) in [6, 6.07) is 2.11. The maximum Gasteiger partial charge on any atom is 0.242 e. The number of nitrogens with zero attached hydrogens (tertiary/aromatic N) is 5. The number of carbonyl (C=O) groups excluding carboxylic acids is 1. The Labute approximate surface area is 155 Å². The fourth-order valence-corrected chi connectivity index (χ4v) is 4.60. The highest BCUT2D eigenvalue weighted by molar-refractivity contribution is 5.82. The van der Waals surface area contributed by atoms with Crippen LogP contribution in [0, 0.1) is 5.92 Å². The average molecular weight is 359 g/mol. The quantitative estimate of drug-likeness (QED) is 0.854. The van der Waals surface area contributed by atoms with Crippen molar-refractivity contribution in [3.63, 3.8) is 0 Å². The number of aliphatic hydroxyl groups is 1. The molecule has 142 valence electrons. The Bertz CT molecular complexity index is 634. The molecular weight excluding hydrogens is 330 g/mol. The molecule has 1 aliphatic carbocycles. The zero-order valence-corrected chi connectivity index (χ0v) is 15.4. The van der Waals surface area contributed by atoms with Crippen molar-refractivity contribution in [2.24, 2.45) is 5.92 Å². The molecule has 1 unspecified atom stereocenters. The normalized spacial score (nSPS) is 24.7. The van der Waals surface area contributed by atoms with Crippen LogP contribution in [0.25, 0.3) is 0 Å². The molecule has 3 heterocycles. The van der Waals surface area contributed by atoms with Gasteiger partial charge in [-0.1, -0.05) is 12.8 Å². The summed E-state index contributed by atoms with van der Waals surface area (Å²) in [5.74, 6) is 2.57. The second kappa shape index (κ2) is 7.78. The van der Waals surface area contributed by atoms with E-state index >= 15 is 0 Å². The number of rotatable bonds is 5. The maximum absolute atomic E-state index is 12.6. The maximum atomic E-state index is 12.6. The minimum atomic E-state index is 0.141. The fraction of sp³-hybridized carbons (Fsp3) is 0.737. The number of amides is 1. The smallest absolute Gasteiger partial charge is 0.242 e. The Morgan fingerprint density at radius 2 is 1.85 bits per heavy atom. The van der Waals surface area contributed by atoms with Crippen LogP contribution < -0.4 is 9.80 Å². The van der Waals surface area contributed by atoms with Crippen LogP contribution in [0.15, 0.2) is 12.4 Å². The van der Waals surface area contributed by atoms with Crippen LogP contribution in [0.3, 0.4) is 0 Å². The van der Waals surface area contributed by atoms with E-state index in [0.717, 1.165) is 50.7 Å². The van der Waals surface area contributed by atoms with Gasteiger partial charge in [0.25, 0.3) is 0 Å². The summed E-state index contributed by atoms with van der Waals surface area (Å²) >= 11 is 0. The molecule has 1 aromatic rings. The van der Waals surface area contributed by atoms with E-state index in [2.05, 4.69) is 19.8 Å². The van der Waals surface area contributed by atoms with Crippen LogP contribution in [0.2, 0.25) is 0 Å². The van der Waals surface area contributed by atoms with E-state index in [1.54, 1.807) is 6.33 Å². The van der Waals surface area contributed by atoms with E-state index in [1.807, 2.05) is 11.0 Å². The molecule has 1 atom stereocenters. The van der Waals surface area contributed by atoms with Gasteiger partial charge in [-0.15, -0.1) is 0 Å². The first-order valence-electron chi connectivity index (χ1n) is 9.97. The minimum absolute atomic E-state index is 0.141. The third-order valence-corrected chi connectivity index (χ3v) is 6.12. The van der Waals surface area contributed by atoms with E-state index in [4.69, 9.17) is 0 Å². The fourth-order valence-electron chi connectivity index (χ4n) is 4.60. The van der Waals surface area contributed by atoms with Crippen LogP contribution in [0.5, 0.6) is 0 Å². The first kappa shape index (κ1) is 17.5. The Balaban J connectivity index is 1.40. The van der Waals surface area contributed by atoms with Gasteiger partial charge >= 0.3 is 0 Å². The van der Waals surface area contributed by atoms with Gasteiger partial charge in [0.2, 0.25) is 5.91 Å². The third kappa shape index (κ3) is 3.63. The Kier molecular flexibility index (Phi) is 5.24. The van der Waals surface area contributed by atoms with Crippen LogP contribution in [0.4, 0.5) is 11.6 Å². The van der Waals surface area contributed by atoms with Gasteiger partial charge in [-0.05, 0) is 31.6 Å². The zero-order chi connectivity index (χ0) is 17.9. The summed E-state index contributed by atoms with van der Waals surface area (Å²) in [6.07, 6.45) is 8.81. The number of aromatic nitrogens is 2. The van der Waals surface area contributed by atoms with Crippen molar-refractivity contribution in [2.75, 3.05) is 49.1 Å². The summed E-state index contributed by atoms with van der Waals surface area (Å²) < 4.78 is 0. The van der Waals surface area contributed by atoms with Crippen LogP contribution in [-0.2, 0) is 4.79 Å². The molecule has 7 nitrogen and oxygen atoms in total. The number of carbonyl (C=O) groups is 1. The van der Waals surface area contributed by atoms with E-state index in [-0.39, 0.29) is 18.6 Å². The molecule has 26 heavy (non-hydrogen) atoms. The van der Waals surface area contributed by atoms with Crippen molar-refractivity contribution in [1.29, 1.82) is 0 Å². The molecule has 1 saturated carbocycles. The van der Waals surface area contributed by atoms with Gasteiger partial charge in [-0.3, -0.25) is 4.79 Å². The lowest BCUT2D eigenvalue weighted by molar-refractivity contribution is -0.131. The Hall–Kier alpha value is -1.89. The van der Waals surface area contributed by atoms with Crippen molar-refractivity contribution in [1.82, 2.24) is 14.9 Å². The molecule has 1 amide bonds. The van der Waals surface area contributed by atoms with Crippen molar-refractivity contribution < 1.29 is 9.90 Å². The van der Waals surface area contributed by atoms with E-state index < -0.39 is 0 Å². The van der Waals surface area contributed by atoms with Gasteiger partial charge in [-0.2, -0.15) is 0 Å². The highest BCUT2D eigenvalue weighted by Gasteiger charge is 2.29. The van der Waals surface area contributed by atoms with Gasteiger partial charge < -0.3 is 19.8 Å². The molecule has 0 spiro atoms. The SMILES string of the molecule is O=C1CN(c2cc(N3CCCC3CO)ncn2)CCN1CC1CCCC1. The molecule has 2 aliphatic heterocycles. The minimum Gasteiger partial charge on any atom is -0.394 e. The van der Waals surface area contributed by atoms with Gasteiger partial charge in [0, 0.05) is 32.2 Å². The molecule has 1 N–H and O–H groups in total. The van der Waals surface area contributed by atoms with Crippen LogP contribution >= 0.6 is 0 Å². The lowest BCUT2D eigenvalue weighted by Crippen LogP contribution is -2.51. The molecule has 3 aliphatic rings. The predicted octanol–water partition coefficient (Wildman–Crippen LogP) is 1.28. The van der Waals surface area contributed by atoms with E-state index in [1.165, 1.54) is 25.7 Å². The highest BCUT2D eigenvalue weighted by atomic mass is 16.3. The second-order valence-electron chi connectivity index (χ2n) is 7.82. The van der Waals surface area contributed by atoms with Gasteiger partial charge in [-0.25, -0.2) is 9.97 Å². The summed E-state index contributed by atoms with van der Waals surface area (Å²) in [7, 11) is 0. The summed E-state index contributed by atoms with van der Waals surface area (Å²) in [5.41, 5.74) is 0. The zero-order valence-electron chi connectivity index (χ0n) is 15.4. The predicted molar refractivity (Wildman–Crippen MR) is 100 cm³/mol. The number of piperazine rings is 1. The number of aliphatic hydroxyl groups excluding tert-OH is 1. The van der Waals surface area contributed by atoms with Crippen LogP contribution in [0.1, 0.15) is 38.5 Å². The Morgan fingerprint density at radius 1 is 1.04 bits per heavy atom. The lowest BCUT2D eigenvalue weighted by atomic mass is 10.1. The second-order valence-corrected chi connectivity index (χ2v) is 7.82. The molecule has 0 aromatic carbocycles. The first-order chi connectivity index (χ1) is 12.7. The molecular formula is C19H29N5O2. The molecule has 0 radical (unpaired) electrons. The van der Waals surface area contributed by atoms with Crippen molar-refractivity contribution in [2.45, 2.75) is 44.6 Å². The van der Waals surface area contributed by atoms with E-state index in [0.29, 0.717) is 12.5 Å². The summed E-state index contributed by atoms with van der Waals surface area (Å²) in [5, 5.41) is 9.55.